The van der Waals surface area contributed by atoms with Crippen molar-refractivity contribution in [2.75, 3.05) is 17.7 Å². The van der Waals surface area contributed by atoms with Crippen LogP contribution < -0.4 is 16.0 Å². The Morgan fingerprint density at radius 1 is 1.12 bits per heavy atom. The van der Waals surface area contributed by atoms with E-state index in [4.69, 9.17) is 0 Å². The van der Waals surface area contributed by atoms with Gasteiger partial charge in [0, 0.05) is 25.3 Å². The van der Waals surface area contributed by atoms with Crippen LogP contribution in [0.1, 0.15) is 13.8 Å². The van der Waals surface area contributed by atoms with E-state index in [1.807, 2.05) is 12.1 Å². The largest absolute Gasteiger partial charge is 0.374 e. The molecule has 2 amide bonds. The lowest BCUT2D eigenvalue weighted by atomic mass is 10.2. The zero-order chi connectivity index (χ0) is 12.8. The Hall–Kier alpha value is -2.04. The molecule has 1 aromatic carbocycles. The lowest BCUT2D eigenvalue weighted by Crippen LogP contribution is -2.35. The molecule has 0 fully saturated rings. The third-order valence-electron chi connectivity index (χ3n) is 2.23. The van der Waals surface area contributed by atoms with Crippen LogP contribution in [0.3, 0.4) is 0 Å². The topological polar surface area (TPSA) is 70.2 Å². The number of carbonyl (C=O) groups excluding carboxylic acids is 2. The molecular formula is C12H17N3O2. The first kappa shape index (κ1) is 13.0. The molecule has 0 radical (unpaired) electrons. The molecule has 3 N–H and O–H groups in total. The summed E-state index contributed by atoms with van der Waals surface area (Å²) < 4.78 is 0. The number of amides is 2. The highest BCUT2D eigenvalue weighted by atomic mass is 16.2. The van der Waals surface area contributed by atoms with E-state index in [2.05, 4.69) is 16.0 Å². The van der Waals surface area contributed by atoms with Crippen LogP contribution in [0.2, 0.25) is 0 Å². The fourth-order valence-electron chi connectivity index (χ4n) is 1.39. The van der Waals surface area contributed by atoms with Crippen LogP contribution in [0.15, 0.2) is 24.3 Å². The van der Waals surface area contributed by atoms with Crippen molar-refractivity contribution in [3.05, 3.63) is 24.3 Å². The number of carbonyl (C=O) groups is 2. The van der Waals surface area contributed by atoms with Gasteiger partial charge in [-0.3, -0.25) is 9.59 Å². The van der Waals surface area contributed by atoms with E-state index in [0.29, 0.717) is 0 Å². The number of likely N-dealkylation sites (N-methyl/N-ethyl adjacent to an activating group) is 1. The zero-order valence-corrected chi connectivity index (χ0v) is 10.2. The van der Waals surface area contributed by atoms with Crippen LogP contribution in [-0.2, 0) is 9.59 Å². The minimum atomic E-state index is -0.299. The van der Waals surface area contributed by atoms with Gasteiger partial charge < -0.3 is 16.0 Å². The summed E-state index contributed by atoms with van der Waals surface area (Å²) in [6.07, 6.45) is 0. The van der Waals surface area contributed by atoms with Gasteiger partial charge in [0.25, 0.3) is 0 Å². The lowest BCUT2D eigenvalue weighted by molar-refractivity contribution is -0.121. The first-order valence-electron chi connectivity index (χ1n) is 5.38. The molecule has 0 bridgehead atoms. The minimum absolute atomic E-state index is 0.0732. The molecule has 1 aromatic rings. The van der Waals surface area contributed by atoms with Gasteiger partial charge in [-0.1, -0.05) is 0 Å². The van der Waals surface area contributed by atoms with Crippen molar-refractivity contribution in [3.63, 3.8) is 0 Å². The van der Waals surface area contributed by atoms with E-state index < -0.39 is 0 Å². The molecule has 92 valence electrons. The van der Waals surface area contributed by atoms with Crippen molar-refractivity contribution in [2.45, 2.75) is 19.9 Å². The van der Waals surface area contributed by atoms with E-state index >= 15 is 0 Å². The van der Waals surface area contributed by atoms with Gasteiger partial charge in [-0.15, -0.1) is 0 Å². The molecule has 0 aliphatic carbocycles. The average Bonchev–Trinajstić information content (AvgIpc) is 2.30. The van der Waals surface area contributed by atoms with Crippen LogP contribution >= 0.6 is 0 Å². The Morgan fingerprint density at radius 2 is 1.65 bits per heavy atom. The van der Waals surface area contributed by atoms with E-state index in [9.17, 15) is 9.59 Å². The summed E-state index contributed by atoms with van der Waals surface area (Å²) in [6, 6.07) is 6.88. The van der Waals surface area contributed by atoms with Gasteiger partial charge in [-0.25, -0.2) is 0 Å². The molecule has 0 aliphatic heterocycles. The fraction of sp³-hybridized carbons (Fsp3) is 0.333. The average molecular weight is 235 g/mol. The molecule has 5 nitrogen and oxygen atoms in total. The van der Waals surface area contributed by atoms with Gasteiger partial charge in [0.2, 0.25) is 11.8 Å². The van der Waals surface area contributed by atoms with Gasteiger partial charge in [0.1, 0.15) is 6.04 Å². The predicted octanol–water partition coefficient (Wildman–Crippen LogP) is 1.19. The van der Waals surface area contributed by atoms with E-state index in [0.717, 1.165) is 11.4 Å². The minimum Gasteiger partial charge on any atom is -0.374 e. The molecule has 0 saturated heterocycles. The van der Waals surface area contributed by atoms with Crippen molar-refractivity contribution < 1.29 is 9.59 Å². The SMILES string of the molecule is CNC(=O)C(C)Nc1ccc(NC(C)=O)cc1. The van der Waals surface area contributed by atoms with Gasteiger partial charge >= 0.3 is 0 Å². The Kier molecular flexibility index (Phi) is 4.51. The lowest BCUT2D eigenvalue weighted by Gasteiger charge is -2.13. The smallest absolute Gasteiger partial charge is 0.241 e. The molecular weight excluding hydrogens is 218 g/mol. The van der Waals surface area contributed by atoms with E-state index in [-0.39, 0.29) is 17.9 Å². The van der Waals surface area contributed by atoms with Crippen LogP contribution in [-0.4, -0.2) is 24.9 Å². The van der Waals surface area contributed by atoms with Crippen LogP contribution in [0.5, 0.6) is 0 Å². The Morgan fingerprint density at radius 3 is 2.12 bits per heavy atom. The Balaban J connectivity index is 2.62. The molecule has 17 heavy (non-hydrogen) atoms. The summed E-state index contributed by atoms with van der Waals surface area (Å²) >= 11 is 0. The van der Waals surface area contributed by atoms with Gasteiger partial charge in [-0.2, -0.15) is 0 Å². The number of nitrogens with one attached hydrogen (secondary N) is 3. The molecule has 0 heterocycles. The fourth-order valence-corrected chi connectivity index (χ4v) is 1.39. The third kappa shape index (κ3) is 4.14. The maximum Gasteiger partial charge on any atom is 0.241 e. The molecule has 0 aromatic heterocycles. The number of hydrogen-bond donors (Lipinski definition) is 3. The summed E-state index contributed by atoms with van der Waals surface area (Å²) in [5.74, 6) is -0.180. The predicted molar refractivity (Wildman–Crippen MR) is 67.9 cm³/mol. The van der Waals surface area contributed by atoms with Crippen LogP contribution in [0, 0.1) is 0 Å². The van der Waals surface area contributed by atoms with Crippen molar-refractivity contribution in [1.82, 2.24) is 5.32 Å². The Labute approximate surface area is 101 Å². The second-order valence-electron chi connectivity index (χ2n) is 3.74. The summed E-state index contributed by atoms with van der Waals surface area (Å²) in [5, 5.41) is 8.29. The highest BCUT2D eigenvalue weighted by molar-refractivity contribution is 5.89. The zero-order valence-electron chi connectivity index (χ0n) is 10.2. The van der Waals surface area contributed by atoms with Crippen molar-refractivity contribution in [1.29, 1.82) is 0 Å². The molecule has 0 spiro atoms. The summed E-state index contributed by atoms with van der Waals surface area (Å²) in [6.45, 7) is 3.24. The van der Waals surface area contributed by atoms with Crippen molar-refractivity contribution in [3.8, 4) is 0 Å². The molecule has 1 rings (SSSR count). The van der Waals surface area contributed by atoms with E-state index in [1.54, 1.807) is 26.1 Å². The molecule has 5 heteroatoms. The Bertz CT molecular complexity index is 401. The molecule has 1 atom stereocenters. The first-order valence-corrected chi connectivity index (χ1v) is 5.38. The number of rotatable bonds is 4. The summed E-state index contributed by atoms with van der Waals surface area (Å²) in [4.78, 5) is 22.1. The number of anilines is 2. The number of benzene rings is 1. The maximum absolute atomic E-state index is 11.3. The van der Waals surface area contributed by atoms with Crippen molar-refractivity contribution >= 4 is 23.2 Å². The third-order valence-corrected chi connectivity index (χ3v) is 2.23. The summed E-state index contributed by atoms with van der Waals surface area (Å²) in [5.41, 5.74) is 1.56. The molecule has 0 saturated carbocycles. The second kappa shape index (κ2) is 5.89. The monoisotopic (exact) mass is 235 g/mol. The highest BCUT2D eigenvalue weighted by Crippen LogP contribution is 2.14. The standard InChI is InChI=1S/C12H17N3O2/c1-8(12(17)13-3)14-10-4-6-11(7-5-10)15-9(2)16/h4-8,14H,1-3H3,(H,13,17)(H,15,16). The van der Waals surface area contributed by atoms with E-state index in [1.165, 1.54) is 6.92 Å². The van der Waals surface area contributed by atoms with Gasteiger partial charge in [0.05, 0.1) is 0 Å². The summed E-state index contributed by atoms with van der Waals surface area (Å²) in [7, 11) is 1.60. The van der Waals surface area contributed by atoms with Crippen LogP contribution in [0.4, 0.5) is 11.4 Å². The molecule has 1 unspecified atom stereocenters. The highest BCUT2D eigenvalue weighted by Gasteiger charge is 2.09. The number of hydrogen-bond acceptors (Lipinski definition) is 3. The normalized spacial score (nSPS) is 11.5. The van der Waals surface area contributed by atoms with Crippen LogP contribution in [0.25, 0.3) is 0 Å². The first-order chi connectivity index (χ1) is 8.02. The quantitative estimate of drug-likeness (QED) is 0.734. The van der Waals surface area contributed by atoms with Gasteiger partial charge in [0.15, 0.2) is 0 Å². The molecule has 0 aliphatic rings. The second-order valence-corrected chi connectivity index (χ2v) is 3.74. The van der Waals surface area contributed by atoms with Crippen molar-refractivity contribution in [2.24, 2.45) is 0 Å². The maximum atomic E-state index is 11.3. The van der Waals surface area contributed by atoms with Gasteiger partial charge in [-0.05, 0) is 31.2 Å².